The lowest BCUT2D eigenvalue weighted by atomic mass is 10.1. The largest absolute Gasteiger partial charge is 0.496 e. The molecule has 1 heterocycles. The molecule has 0 N–H and O–H groups in total. The van der Waals surface area contributed by atoms with Gasteiger partial charge in [0.15, 0.2) is 11.6 Å². The Labute approximate surface area is 152 Å². The number of hydrogen-bond donors (Lipinski definition) is 0. The van der Waals surface area contributed by atoms with Gasteiger partial charge in [-0.25, -0.2) is 8.78 Å². The van der Waals surface area contributed by atoms with E-state index in [0.29, 0.717) is 6.54 Å². The molecule has 0 saturated carbocycles. The van der Waals surface area contributed by atoms with Crippen LogP contribution >= 0.6 is 0 Å². The molecule has 1 atom stereocenters. The van der Waals surface area contributed by atoms with Crippen LogP contribution in [0.3, 0.4) is 0 Å². The number of amides is 1. The van der Waals surface area contributed by atoms with Gasteiger partial charge in [0.2, 0.25) is 0 Å². The van der Waals surface area contributed by atoms with Crippen molar-refractivity contribution < 1.29 is 18.3 Å². The van der Waals surface area contributed by atoms with E-state index in [1.807, 2.05) is 18.2 Å². The zero-order chi connectivity index (χ0) is 18.7. The monoisotopic (exact) mass is 360 g/mol. The fourth-order valence-electron chi connectivity index (χ4n) is 3.42. The molecule has 1 aliphatic rings. The predicted octanol–water partition coefficient (Wildman–Crippen LogP) is 3.57. The van der Waals surface area contributed by atoms with Crippen molar-refractivity contribution in [3.63, 3.8) is 0 Å². The van der Waals surface area contributed by atoms with E-state index < -0.39 is 17.5 Å². The fourth-order valence-corrected chi connectivity index (χ4v) is 3.42. The summed E-state index contributed by atoms with van der Waals surface area (Å²) in [7, 11) is 2.94. The molecule has 6 heteroatoms. The molecular formula is C20H22F2N2O2. The topological polar surface area (TPSA) is 32.8 Å². The highest BCUT2D eigenvalue weighted by atomic mass is 19.2. The molecule has 2 aromatic rings. The fraction of sp³-hybridized carbons (Fsp3) is 0.350. The zero-order valence-corrected chi connectivity index (χ0v) is 14.9. The summed E-state index contributed by atoms with van der Waals surface area (Å²) >= 11 is 0. The number of benzene rings is 2. The summed E-state index contributed by atoms with van der Waals surface area (Å²) in [5.74, 6) is -2.49. The first-order valence-corrected chi connectivity index (χ1v) is 8.58. The molecule has 0 bridgehead atoms. The van der Waals surface area contributed by atoms with Crippen LogP contribution in [0.4, 0.5) is 14.5 Å². The number of anilines is 1. The average Bonchev–Trinajstić information content (AvgIpc) is 3.12. The molecule has 4 nitrogen and oxygen atoms in total. The number of hydrogen-bond acceptors (Lipinski definition) is 3. The molecule has 1 amide bonds. The van der Waals surface area contributed by atoms with Crippen molar-refractivity contribution in [2.45, 2.75) is 6.42 Å². The highest BCUT2D eigenvalue weighted by Crippen LogP contribution is 2.27. The first-order chi connectivity index (χ1) is 12.5. The van der Waals surface area contributed by atoms with Crippen molar-refractivity contribution in [3.05, 3.63) is 59.7 Å². The van der Waals surface area contributed by atoms with Gasteiger partial charge in [0.1, 0.15) is 11.3 Å². The van der Waals surface area contributed by atoms with Crippen molar-refractivity contribution in [2.24, 2.45) is 5.92 Å². The van der Waals surface area contributed by atoms with E-state index in [-0.39, 0.29) is 17.2 Å². The Bertz CT molecular complexity index is 783. The van der Waals surface area contributed by atoms with Crippen molar-refractivity contribution >= 4 is 11.6 Å². The minimum atomic E-state index is -1.17. The van der Waals surface area contributed by atoms with Gasteiger partial charge in [0.25, 0.3) is 5.91 Å². The predicted molar refractivity (Wildman–Crippen MR) is 96.6 cm³/mol. The Hall–Kier alpha value is -2.63. The van der Waals surface area contributed by atoms with E-state index >= 15 is 0 Å². The first kappa shape index (κ1) is 18.2. The van der Waals surface area contributed by atoms with Gasteiger partial charge >= 0.3 is 0 Å². The maximum absolute atomic E-state index is 14.1. The average molecular weight is 360 g/mol. The Kier molecular flexibility index (Phi) is 5.40. The number of para-hydroxylation sites is 1. The third-order valence-electron chi connectivity index (χ3n) is 4.78. The summed E-state index contributed by atoms with van der Waals surface area (Å²) in [5, 5.41) is 0. The van der Waals surface area contributed by atoms with Gasteiger partial charge in [-0.15, -0.1) is 0 Å². The molecule has 0 spiro atoms. The standard InChI is InChI=1S/C20H22F2N2O2/c1-23(20(25)18-17(26-2)9-8-16(21)19(18)22)12-14-10-11-24(13-14)15-6-4-3-5-7-15/h3-9,14H,10-13H2,1-2H3. The van der Waals surface area contributed by atoms with Crippen LogP contribution < -0.4 is 9.64 Å². The van der Waals surface area contributed by atoms with Gasteiger partial charge in [-0.05, 0) is 36.6 Å². The molecule has 3 rings (SSSR count). The molecule has 1 saturated heterocycles. The molecular weight excluding hydrogens is 338 g/mol. The molecule has 1 fully saturated rings. The lowest BCUT2D eigenvalue weighted by Gasteiger charge is -2.23. The maximum atomic E-state index is 14.1. The smallest absolute Gasteiger partial charge is 0.260 e. The summed E-state index contributed by atoms with van der Waals surface area (Å²) in [4.78, 5) is 16.4. The molecule has 2 aromatic carbocycles. The Morgan fingerprint density at radius 1 is 1.23 bits per heavy atom. The summed E-state index contributed by atoms with van der Waals surface area (Å²) < 4.78 is 32.7. The molecule has 0 radical (unpaired) electrons. The summed E-state index contributed by atoms with van der Waals surface area (Å²) in [6.45, 7) is 2.21. The van der Waals surface area contributed by atoms with Gasteiger partial charge in [0.05, 0.1) is 7.11 Å². The number of methoxy groups -OCH3 is 1. The van der Waals surface area contributed by atoms with E-state index in [9.17, 15) is 13.6 Å². The minimum Gasteiger partial charge on any atom is -0.496 e. The third-order valence-corrected chi connectivity index (χ3v) is 4.78. The SMILES string of the molecule is COc1ccc(F)c(F)c1C(=O)N(C)CC1CCN(c2ccccc2)C1. The van der Waals surface area contributed by atoms with E-state index in [1.165, 1.54) is 18.1 Å². The van der Waals surface area contributed by atoms with Crippen molar-refractivity contribution in [1.29, 1.82) is 0 Å². The highest BCUT2D eigenvalue weighted by Gasteiger charge is 2.28. The van der Waals surface area contributed by atoms with Gasteiger partial charge in [-0.2, -0.15) is 0 Å². The molecule has 138 valence electrons. The number of carbonyl (C=O) groups is 1. The van der Waals surface area contributed by atoms with Gasteiger partial charge in [0, 0.05) is 32.4 Å². The van der Waals surface area contributed by atoms with Crippen LogP contribution in [-0.2, 0) is 0 Å². The number of ether oxygens (including phenoxy) is 1. The Morgan fingerprint density at radius 3 is 2.65 bits per heavy atom. The van der Waals surface area contributed by atoms with Crippen LogP contribution in [0.25, 0.3) is 0 Å². The van der Waals surface area contributed by atoms with Crippen LogP contribution in [0, 0.1) is 17.6 Å². The zero-order valence-electron chi connectivity index (χ0n) is 14.9. The minimum absolute atomic E-state index is 0.0399. The molecule has 1 unspecified atom stereocenters. The number of carbonyl (C=O) groups excluding carboxylic acids is 1. The lowest BCUT2D eigenvalue weighted by molar-refractivity contribution is 0.0767. The summed E-state index contributed by atoms with van der Waals surface area (Å²) in [5.41, 5.74) is 0.801. The van der Waals surface area contributed by atoms with E-state index in [0.717, 1.165) is 31.3 Å². The van der Waals surface area contributed by atoms with Crippen molar-refractivity contribution in [3.8, 4) is 5.75 Å². The normalized spacial score (nSPS) is 16.6. The highest BCUT2D eigenvalue weighted by molar-refractivity contribution is 5.97. The third kappa shape index (κ3) is 3.64. The second kappa shape index (κ2) is 7.72. The lowest BCUT2D eigenvalue weighted by Crippen LogP contribution is -2.34. The van der Waals surface area contributed by atoms with Gasteiger partial charge in [-0.1, -0.05) is 18.2 Å². The first-order valence-electron chi connectivity index (χ1n) is 8.58. The van der Waals surface area contributed by atoms with Gasteiger partial charge < -0.3 is 14.5 Å². The molecule has 26 heavy (non-hydrogen) atoms. The van der Waals surface area contributed by atoms with Crippen LogP contribution in [0.2, 0.25) is 0 Å². The summed E-state index contributed by atoms with van der Waals surface area (Å²) in [6, 6.07) is 12.3. The summed E-state index contributed by atoms with van der Waals surface area (Å²) in [6.07, 6.45) is 0.940. The number of halogens is 2. The van der Waals surface area contributed by atoms with Crippen molar-refractivity contribution in [1.82, 2.24) is 4.90 Å². The van der Waals surface area contributed by atoms with E-state index in [1.54, 1.807) is 7.05 Å². The van der Waals surface area contributed by atoms with Crippen molar-refractivity contribution in [2.75, 3.05) is 38.7 Å². The maximum Gasteiger partial charge on any atom is 0.260 e. The Balaban J connectivity index is 1.68. The molecule has 1 aliphatic heterocycles. The van der Waals surface area contributed by atoms with Crippen LogP contribution in [0.15, 0.2) is 42.5 Å². The van der Waals surface area contributed by atoms with Crippen LogP contribution in [-0.4, -0.2) is 44.6 Å². The number of nitrogens with zero attached hydrogens (tertiary/aromatic N) is 2. The molecule has 0 aromatic heterocycles. The van der Waals surface area contributed by atoms with Crippen LogP contribution in [0.1, 0.15) is 16.8 Å². The number of rotatable bonds is 5. The van der Waals surface area contributed by atoms with Gasteiger partial charge in [-0.3, -0.25) is 4.79 Å². The second-order valence-corrected chi connectivity index (χ2v) is 6.56. The Morgan fingerprint density at radius 2 is 1.96 bits per heavy atom. The van der Waals surface area contributed by atoms with E-state index in [4.69, 9.17) is 4.74 Å². The molecule has 0 aliphatic carbocycles. The van der Waals surface area contributed by atoms with E-state index in [2.05, 4.69) is 17.0 Å². The van der Waals surface area contributed by atoms with Crippen LogP contribution in [0.5, 0.6) is 5.75 Å². The second-order valence-electron chi connectivity index (χ2n) is 6.56. The quantitative estimate of drug-likeness (QED) is 0.817.